The molecule has 1 N–H and O–H groups in total. The Hall–Kier alpha value is -2.43. The summed E-state index contributed by atoms with van der Waals surface area (Å²) in [4.78, 5) is 17.8. The van der Waals surface area contributed by atoms with Crippen LogP contribution in [0.15, 0.2) is 35.3 Å². The van der Waals surface area contributed by atoms with Crippen molar-refractivity contribution < 1.29 is 27.6 Å². The number of halogens is 4. The van der Waals surface area contributed by atoms with Gasteiger partial charge in [-0.3, -0.25) is 0 Å². The molecule has 3 heterocycles. The number of aromatic nitrogens is 3. The van der Waals surface area contributed by atoms with Crippen LogP contribution in [0.4, 0.5) is 13.2 Å². The van der Waals surface area contributed by atoms with Gasteiger partial charge in [-0.1, -0.05) is 23.7 Å². The van der Waals surface area contributed by atoms with E-state index in [2.05, 4.69) is 4.98 Å². The van der Waals surface area contributed by atoms with Crippen LogP contribution >= 0.6 is 22.9 Å². The first-order valence-electron chi connectivity index (χ1n) is 8.53. The number of ether oxygens (including phenoxy) is 1. The molecule has 1 unspecified atom stereocenters. The van der Waals surface area contributed by atoms with Crippen LogP contribution < -0.4 is 10.1 Å². The van der Waals surface area contributed by atoms with Gasteiger partial charge < -0.3 is 9.84 Å². The Morgan fingerprint density at radius 3 is 2.83 bits per heavy atom. The molecule has 0 fully saturated rings. The topological polar surface area (TPSA) is 68.2 Å². The van der Waals surface area contributed by atoms with Crippen LogP contribution in [0.3, 0.4) is 0 Å². The van der Waals surface area contributed by atoms with Crippen LogP contribution in [0.2, 0.25) is 4.47 Å². The Balaban J connectivity index is 1.97. The van der Waals surface area contributed by atoms with E-state index in [4.69, 9.17) is 16.3 Å². The predicted molar refractivity (Wildman–Crippen MR) is 98.7 cm³/mol. The molecule has 11 heteroatoms. The summed E-state index contributed by atoms with van der Waals surface area (Å²) < 4.78 is 48.2. The van der Waals surface area contributed by atoms with Gasteiger partial charge >= 0.3 is 11.7 Å². The van der Waals surface area contributed by atoms with Crippen molar-refractivity contribution in [2.75, 3.05) is 0 Å². The van der Waals surface area contributed by atoms with Crippen molar-refractivity contribution in [1.82, 2.24) is 9.55 Å². The molecule has 1 aromatic carbocycles. The second kappa shape index (κ2) is 7.12. The Morgan fingerprint density at radius 1 is 1.45 bits per heavy atom. The molecule has 0 spiro atoms. The zero-order chi connectivity index (χ0) is 20.9. The van der Waals surface area contributed by atoms with Crippen molar-refractivity contribution in [2.45, 2.75) is 32.5 Å². The van der Waals surface area contributed by atoms with E-state index in [0.717, 1.165) is 23.5 Å². The lowest BCUT2D eigenvalue weighted by Crippen LogP contribution is -2.44. The van der Waals surface area contributed by atoms with Gasteiger partial charge in [0.05, 0.1) is 17.0 Å². The lowest BCUT2D eigenvalue weighted by molar-refractivity contribution is -0.710. The van der Waals surface area contributed by atoms with Crippen molar-refractivity contribution in [1.29, 1.82) is 0 Å². The van der Waals surface area contributed by atoms with Crippen LogP contribution in [0.1, 0.15) is 29.4 Å². The minimum absolute atomic E-state index is 0.0344. The molecule has 4 rings (SSSR count). The number of aromatic hydroxyl groups is 1. The number of hydrogen-bond acceptors (Lipinski definition) is 5. The molecule has 0 amide bonds. The second-order valence-electron chi connectivity index (χ2n) is 6.29. The van der Waals surface area contributed by atoms with Crippen molar-refractivity contribution in [2.24, 2.45) is 0 Å². The fourth-order valence-corrected chi connectivity index (χ4v) is 4.36. The Labute approximate surface area is 171 Å². The molecule has 152 valence electrons. The summed E-state index contributed by atoms with van der Waals surface area (Å²) in [6, 6.07) is 4.30. The highest BCUT2D eigenvalue weighted by molar-refractivity contribution is 7.15. The van der Waals surface area contributed by atoms with Gasteiger partial charge in [0.1, 0.15) is 0 Å². The number of alkyl halides is 3. The van der Waals surface area contributed by atoms with Gasteiger partial charge in [-0.2, -0.15) is 22.3 Å². The lowest BCUT2D eigenvalue weighted by Gasteiger charge is -2.12. The van der Waals surface area contributed by atoms with E-state index in [-0.39, 0.29) is 28.7 Å². The standard InChI is InChI=1S/C18H13ClF3N3O3S/c1-2-24-12-8-28-16(11-7-23-17(19)29-11)25(12)15(27)13(14(24)26)9-4-3-5-10(6-9)18(20,21)22/h3-7,16H,2,8H2,1H3/p+1. The monoisotopic (exact) mass is 444 g/mol. The maximum Gasteiger partial charge on any atom is 0.416 e. The van der Waals surface area contributed by atoms with E-state index in [9.17, 15) is 23.1 Å². The molecule has 1 aliphatic heterocycles. The molecule has 6 nitrogen and oxygen atoms in total. The highest BCUT2D eigenvalue weighted by Crippen LogP contribution is 2.36. The third-order valence-electron chi connectivity index (χ3n) is 4.64. The molecular weight excluding hydrogens is 431 g/mol. The number of rotatable bonds is 3. The molecule has 1 atom stereocenters. The van der Waals surface area contributed by atoms with Crippen LogP contribution in [0, 0.1) is 0 Å². The van der Waals surface area contributed by atoms with Crippen LogP contribution in [-0.2, 0) is 24.1 Å². The molecule has 1 aliphatic rings. The van der Waals surface area contributed by atoms with Crippen molar-refractivity contribution in [3.05, 3.63) is 61.5 Å². The smallest absolute Gasteiger partial charge is 0.416 e. The number of benzene rings is 1. The van der Waals surface area contributed by atoms with Crippen molar-refractivity contribution in [3.63, 3.8) is 0 Å². The van der Waals surface area contributed by atoms with E-state index in [1.807, 2.05) is 0 Å². The Bertz CT molecular complexity index is 1160. The normalized spacial score (nSPS) is 16.2. The molecule has 0 saturated heterocycles. The lowest BCUT2D eigenvalue weighted by atomic mass is 10.0. The van der Waals surface area contributed by atoms with Gasteiger partial charge in [-0.25, -0.2) is 9.78 Å². The summed E-state index contributed by atoms with van der Waals surface area (Å²) in [7, 11) is 0. The maximum absolute atomic E-state index is 13.3. The minimum atomic E-state index is -4.58. The number of fused-ring (bicyclic) bond motifs is 1. The maximum atomic E-state index is 13.3. The average Bonchev–Trinajstić information content (AvgIpc) is 3.28. The summed E-state index contributed by atoms with van der Waals surface area (Å²) >= 11 is 7.02. The summed E-state index contributed by atoms with van der Waals surface area (Å²) in [6.07, 6.45) is -3.93. The first kappa shape index (κ1) is 19.9. The van der Waals surface area contributed by atoms with Crippen molar-refractivity contribution >= 4 is 22.9 Å². The largest absolute Gasteiger partial charge is 0.477 e. The molecule has 3 aromatic rings. The molecular formula is C18H14ClF3N3O3S+. The van der Waals surface area contributed by atoms with E-state index in [1.54, 1.807) is 6.92 Å². The Morgan fingerprint density at radius 2 is 2.21 bits per heavy atom. The number of hydrogen-bond donors (Lipinski definition) is 1. The predicted octanol–water partition coefficient (Wildman–Crippen LogP) is 3.73. The zero-order valence-corrected chi connectivity index (χ0v) is 16.5. The Kier molecular flexibility index (Phi) is 4.88. The molecule has 0 aliphatic carbocycles. The SMILES string of the molecule is CC[n+]1c(O)c(-c2cccc(C(F)(F)F)c2)c(=O)n2c1COC2c1cnc(Cl)s1. The van der Waals surface area contributed by atoms with Gasteiger partial charge in [0, 0.05) is 6.20 Å². The zero-order valence-electron chi connectivity index (χ0n) is 14.9. The van der Waals surface area contributed by atoms with Gasteiger partial charge in [-0.05, 0) is 24.6 Å². The van der Waals surface area contributed by atoms with E-state index in [0.29, 0.717) is 10.7 Å². The van der Waals surface area contributed by atoms with Crippen LogP contribution in [0.25, 0.3) is 11.1 Å². The average molecular weight is 445 g/mol. The summed E-state index contributed by atoms with van der Waals surface area (Å²) in [5.41, 5.74) is -1.83. The highest BCUT2D eigenvalue weighted by Gasteiger charge is 2.40. The van der Waals surface area contributed by atoms with Gasteiger partial charge in [0.2, 0.25) is 6.23 Å². The quantitative estimate of drug-likeness (QED) is 0.625. The minimum Gasteiger partial charge on any atom is -0.477 e. The van der Waals surface area contributed by atoms with E-state index < -0.39 is 29.4 Å². The molecule has 0 bridgehead atoms. The highest BCUT2D eigenvalue weighted by atomic mass is 35.5. The molecule has 2 aromatic heterocycles. The fraction of sp³-hybridized carbons (Fsp3) is 0.278. The second-order valence-corrected chi connectivity index (χ2v) is 7.94. The number of nitrogens with zero attached hydrogens (tertiary/aromatic N) is 3. The van der Waals surface area contributed by atoms with Gasteiger partial charge in [0.15, 0.2) is 16.6 Å². The molecule has 29 heavy (non-hydrogen) atoms. The van der Waals surface area contributed by atoms with Crippen LogP contribution in [0.5, 0.6) is 5.88 Å². The first-order valence-corrected chi connectivity index (χ1v) is 9.72. The molecule has 0 saturated carbocycles. The first-order chi connectivity index (χ1) is 13.7. The third kappa shape index (κ3) is 3.30. The number of thiazole rings is 1. The summed E-state index contributed by atoms with van der Waals surface area (Å²) in [5, 5.41) is 10.7. The van der Waals surface area contributed by atoms with E-state index >= 15 is 0 Å². The van der Waals surface area contributed by atoms with E-state index in [1.165, 1.54) is 27.5 Å². The molecule has 0 radical (unpaired) electrons. The van der Waals surface area contributed by atoms with Gasteiger partial charge in [-0.15, -0.1) is 11.3 Å². The van der Waals surface area contributed by atoms with Crippen LogP contribution in [-0.4, -0.2) is 14.7 Å². The fourth-order valence-electron chi connectivity index (χ4n) is 3.36. The van der Waals surface area contributed by atoms with Crippen molar-refractivity contribution in [3.8, 4) is 17.0 Å². The van der Waals surface area contributed by atoms with Gasteiger partial charge in [0.25, 0.3) is 11.7 Å². The summed E-state index contributed by atoms with van der Waals surface area (Å²) in [5.74, 6) is -0.00471. The third-order valence-corrected chi connectivity index (χ3v) is 5.79. The summed E-state index contributed by atoms with van der Waals surface area (Å²) in [6.45, 7) is 2.07.